The second kappa shape index (κ2) is 4.48. The molecule has 0 saturated heterocycles. The molecule has 1 aromatic rings. The van der Waals surface area contributed by atoms with Crippen molar-refractivity contribution in [2.45, 2.75) is 25.7 Å². The molecule has 0 heterocycles. The Labute approximate surface area is 98.3 Å². The van der Waals surface area contributed by atoms with Crippen LogP contribution in [-0.2, 0) is 0 Å². The molecule has 0 spiro atoms. The van der Waals surface area contributed by atoms with Gasteiger partial charge in [0, 0.05) is 5.56 Å². The lowest BCUT2D eigenvalue weighted by atomic mass is 9.92. The van der Waals surface area contributed by atoms with Crippen molar-refractivity contribution in [3.63, 3.8) is 0 Å². The minimum Gasteiger partial charge on any atom is -0.205 e. The van der Waals surface area contributed by atoms with Crippen LogP contribution in [0.2, 0.25) is 0 Å². The first-order chi connectivity index (χ1) is 7.20. The highest BCUT2D eigenvalue weighted by Gasteiger charge is 2.21. The second-order valence-corrected chi connectivity index (χ2v) is 4.96. The summed E-state index contributed by atoms with van der Waals surface area (Å²) in [6.45, 7) is 4.05. The Hall–Kier alpha value is -0.630. The van der Waals surface area contributed by atoms with Crippen LogP contribution < -0.4 is 0 Å². The molecule has 80 valence electrons. The van der Waals surface area contributed by atoms with E-state index in [2.05, 4.69) is 22.5 Å². The Bertz CT molecular complexity index is 378. The van der Waals surface area contributed by atoms with Crippen molar-refractivity contribution in [3.05, 3.63) is 40.6 Å². The first-order valence-corrected chi connectivity index (χ1v) is 6.12. The smallest absolute Gasteiger partial charge is 0.144 e. The highest BCUT2D eigenvalue weighted by atomic mass is 79.9. The number of rotatable bonds is 2. The van der Waals surface area contributed by atoms with Crippen molar-refractivity contribution < 1.29 is 4.39 Å². The van der Waals surface area contributed by atoms with Gasteiger partial charge < -0.3 is 0 Å². The van der Waals surface area contributed by atoms with Crippen LogP contribution in [0, 0.1) is 11.7 Å². The van der Waals surface area contributed by atoms with Crippen LogP contribution in [0.1, 0.15) is 31.2 Å². The lowest BCUT2D eigenvalue weighted by Crippen LogP contribution is -1.99. The summed E-state index contributed by atoms with van der Waals surface area (Å²) in [5, 5.41) is 0. The van der Waals surface area contributed by atoms with Crippen LogP contribution >= 0.6 is 15.9 Å². The van der Waals surface area contributed by atoms with Gasteiger partial charge in [-0.1, -0.05) is 31.6 Å². The summed E-state index contributed by atoms with van der Waals surface area (Å²) < 4.78 is 14.3. The molecule has 0 radical (unpaired) electrons. The Morgan fingerprint density at radius 1 is 1.33 bits per heavy atom. The maximum absolute atomic E-state index is 13.8. The lowest BCUT2D eigenvalue weighted by molar-refractivity contribution is 0.610. The highest BCUT2D eigenvalue weighted by Crippen LogP contribution is 2.37. The van der Waals surface area contributed by atoms with Crippen molar-refractivity contribution in [1.29, 1.82) is 0 Å². The fraction of sp³-hybridized carbons (Fsp3) is 0.385. The van der Waals surface area contributed by atoms with E-state index in [-0.39, 0.29) is 5.82 Å². The van der Waals surface area contributed by atoms with Gasteiger partial charge in [-0.25, -0.2) is 4.39 Å². The number of hydrogen-bond donors (Lipinski definition) is 0. The Balaban J connectivity index is 2.28. The van der Waals surface area contributed by atoms with Gasteiger partial charge in [0.25, 0.3) is 0 Å². The molecular weight excluding hydrogens is 255 g/mol. The summed E-state index contributed by atoms with van der Waals surface area (Å²) in [7, 11) is 0. The van der Waals surface area contributed by atoms with Gasteiger partial charge in [-0.2, -0.15) is 0 Å². The van der Waals surface area contributed by atoms with E-state index in [9.17, 15) is 4.39 Å². The Morgan fingerprint density at radius 2 is 2.00 bits per heavy atom. The number of allylic oxidation sites excluding steroid dienone is 1. The zero-order valence-electron chi connectivity index (χ0n) is 8.60. The third-order valence-corrected chi connectivity index (χ3v) is 3.76. The topological polar surface area (TPSA) is 0 Å². The zero-order chi connectivity index (χ0) is 10.8. The molecule has 0 atom stereocenters. The second-order valence-electron chi connectivity index (χ2n) is 4.11. The van der Waals surface area contributed by atoms with Gasteiger partial charge in [0.05, 0.1) is 4.47 Å². The van der Waals surface area contributed by atoms with E-state index in [1.165, 1.54) is 12.8 Å². The molecule has 1 saturated carbocycles. The van der Waals surface area contributed by atoms with Gasteiger partial charge in [-0.05, 0) is 46.3 Å². The molecule has 2 rings (SSSR count). The molecule has 1 fully saturated rings. The van der Waals surface area contributed by atoms with E-state index >= 15 is 0 Å². The van der Waals surface area contributed by atoms with Crippen LogP contribution in [0.25, 0.3) is 5.57 Å². The van der Waals surface area contributed by atoms with Gasteiger partial charge >= 0.3 is 0 Å². The summed E-state index contributed by atoms with van der Waals surface area (Å²) in [4.78, 5) is 0. The number of halogens is 2. The van der Waals surface area contributed by atoms with Crippen molar-refractivity contribution in [2.24, 2.45) is 5.92 Å². The standard InChI is InChI=1S/C13H14BrF/c1-9(10-5-2-3-6-10)11-7-4-8-12(14)13(11)15/h4,7-8,10H,1-3,5-6H2. The van der Waals surface area contributed by atoms with E-state index in [1.807, 2.05) is 12.1 Å². The van der Waals surface area contributed by atoms with E-state index in [1.54, 1.807) is 6.07 Å². The normalized spacial score (nSPS) is 16.9. The van der Waals surface area contributed by atoms with E-state index in [4.69, 9.17) is 0 Å². The molecule has 15 heavy (non-hydrogen) atoms. The Morgan fingerprint density at radius 3 is 2.67 bits per heavy atom. The molecule has 0 nitrogen and oxygen atoms in total. The molecule has 0 unspecified atom stereocenters. The summed E-state index contributed by atoms with van der Waals surface area (Å²) in [5.41, 5.74) is 1.64. The molecule has 1 aliphatic carbocycles. The van der Waals surface area contributed by atoms with Gasteiger partial charge in [-0.15, -0.1) is 0 Å². The maximum Gasteiger partial charge on any atom is 0.144 e. The predicted octanol–water partition coefficient (Wildman–Crippen LogP) is 4.79. The first-order valence-electron chi connectivity index (χ1n) is 5.33. The lowest BCUT2D eigenvalue weighted by Gasteiger charge is -2.14. The van der Waals surface area contributed by atoms with Gasteiger partial charge in [-0.3, -0.25) is 0 Å². The van der Waals surface area contributed by atoms with Gasteiger partial charge in [0.2, 0.25) is 0 Å². The molecule has 2 heteroatoms. The average molecular weight is 269 g/mol. The molecule has 0 amide bonds. The van der Waals surface area contributed by atoms with E-state index in [0.29, 0.717) is 16.0 Å². The molecular formula is C13H14BrF. The number of benzene rings is 1. The fourth-order valence-electron chi connectivity index (χ4n) is 2.25. The average Bonchev–Trinajstić information content (AvgIpc) is 2.74. The predicted molar refractivity (Wildman–Crippen MR) is 65.1 cm³/mol. The third-order valence-electron chi connectivity index (χ3n) is 3.15. The largest absolute Gasteiger partial charge is 0.205 e. The van der Waals surface area contributed by atoms with Crippen LogP contribution in [0.3, 0.4) is 0 Å². The monoisotopic (exact) mass is 268 g/mol. The van der Waals surface area contributed by atoms with Gasteiger partial charge in [0.15, 0.2) is 0 Å². The summed E-state index contributed by atoms with van der Waals surface area (Å²) >= 11 is 3.21. The van der Waals surface area contributed by atoms with Crippen molar-refractivity contribution in [1.82, 2.24) is 0 Å². The SMILES string of the molecule is C=C(c1cccc(Br)c1F)C1CCCC1. The van der Waals surface area contributed by atoms with E-state index in [0.717, 1.165) is 18.4 Å². The third kappa shape index (κ3) is 2.15. The van der Waals surface area contributed by atoms with Crippen LogP contribution in [0.15, 0.2) is 29.3 Å². The first kappa shape index (κ1) is 10.9. The summed E-state index contributed by atoms with van der Waals surface area (Å²) in [6.07, 6.45) is 4.81. The molecule has 1 aromatic carbocycles. The molecule has 1 aliphatic rings. The molecule has 0 aliphatic heterocycles. The van der Waals surface area contributed by atoms with Crippen LogP contribution in [0.4, 0.5) is 4.39 Å². The quantitative estimate of drug-likeness (QED) is 0.724. The zero-order valence-corrected chi connectivity index (χ0v) is 10.2. The molecule has 0 N–H and O–H groups in total. The fourth-order valence-corrected chi connectivity index (χ4v) is 2.61. The number of hydrogen-bond acceptors (Lipinski definition) is 0. The highest BCUT2D eigenvalue weighted by molar-refractivity contribution is 9.10. The summed E-state index contributed by atoms with van der Waals surface area (Å²) in [5.74, 6) is 0.309. The maximum atomic E-state index is 13.8. The van der Waals surface area contributed by atoms with E-state index < -0.39 is 0 Å². The van der Waals surface area contributed by atoms with Crippen molar-refractivity contribution in [3.8, 4) is 0 Å². The van der Waals surface area contributed by atoms with Crippen LogP contribution in [0.5, 0.6) is 0 Å². The van der Waals surface area contributed by atoms with Gasteiger partial charge in [0.1, 0.15) is 5.82 Å². The Kier molecular flexibility index (Phi) is 3.25. The summed E-state index contributed by atoms with van der Waals surface area (Å²) in [6, 6.07) is 5.41. The molecule has 0 aromatic heterocycles. The van der Waals surface area contributed by atoms with Crippen LogP contribution in [-0.4, -0.2) is 0 Å². The van der Waals surface area contributed by atoms with Crippen molar-refractivity contribution in [2.75, 3.05) is 0 Å². The minimum absolute atomic E-state index is 0.172. The minimum atomic E-state index is -0.172. The van der Waals surface area contributed by atoms with Crippen molar-refractivity contribution >= 4 is 21.5 Å². The molecule has 0 bridgehead atoms.